The molecule has 0 radical (unpaired) electrons. The lowest BCUT2D eigenvalue weighted by molar-refractivity contribution is 0.0926. The standard InChI is InChI=1S/C23H23FN2O4S/c1-17(16-30-21-8-4-3-5-9-21)25-23(27)18-7-6-10-22(15-18)31(28,29)26(2)20-13-11-19(24)12-14-20/h3-15,17H,16H2,1-2H3,(H,25,27)/t17-/m1/s1. The molecule has 3 aromatic carbocycles. The largest absolute Gasteiger partial charge is 0.491 e. The molecule has 0 saturated carbocycles. The zero-order valence-electron chi connectivity index (χ0n) is 17.2. The number of amides is 1. The van der Waals surface area contributed by atoms with Crippen LogP contribution in [0.3, 0.4) is 0 Å². The average molecular weight is 443 g/mol. The number of para-hydroxylation sites is 1. The first-order chi connectivity index (χ1) is 14.8. The molecule has 1 N–H and O–H groups in total. The van der Waals surface area contributed by atoms with Gasteiger partial charge in [0.1, 0.15) is 18.2 Å². The number of halogens is 1. The summed E-state index contributed by atoms with van der Waals surface area (Å²) in [5.74, 6) is -0.176. The Kier molecular flexibility index (Phi) is 6.91. The molecule has 0 aromatic heterocycles. The highest BCUT2D eigenvalue weighted by Gasteiger charge is 2.23. The van der Waals surface area contributed by atoms with Gasteiger partial charge in [-0.3, -0.25) is 9.10 Å². The summed E-state index contributed by atoms with van der Waals surface area (Å²) < 4.78 is 45.7. The van der Waals surface area contributed by atoms with Crippen LogP contribution in [0.2, 0.25) is 0 Å². The second kappa shape index (κ2) is 9.61. The smallest absolute Gasteiger partial charge is 0.264 e. The van der Waals surface area contributed by atoms with E-state index in [1.54, 1.807) is 6.92 Å². The predicted octanol–water partition coefficient (Wildman–Crippen LogP) is 3.85. The Morgan fingerprint density at radius 1 is 1.03 bits per heavy atom. The van der Waals surface area contributed by atoms with E-state index in [1.165, 1.54) is 55.6 Å². The summed E-state index contributed by atoms with van der Waals surface area (Å²) in [7, 11) is -2.56. The highest BCUT2D eigenvalue weighted by Crippen LogP contribution is 2.23. The second-order valence-electron chi connectivity index (χ2n) is 6.98. The van der Waals surface area contributed by atoms with Crippen molar-refractivity contribution in [3.63, 3.8) is 0 Å². The van der Waals surface area contributed by atoms with E-state index < -0.39 is 21.7 Å². The van der Waals surface area contributed by atoms with E-state index in [9.17, 15) is 17.6 Å². The molecule has 1 atom stereocenters. The normalized spacial score (nSPS) is 12.1. The van der Waals surface area contributed by atoms with Gasteiger partial charge in [0.2, 0.25) is 0 Å². The predicted molar refractivity (Wildman–Crippen MR) is 117 cm³/mol. The fourth-order valence-electron chi connectivity index (χ4n) is 2.83. The van der Waals surface area contributed by atoms with Crippen molar-refractivity contribution in [1.29, 1.82) is 0 Å². The van der Waals surface area contributed by atoms with E-state index in [-0.39, 0.29) is 23.1 Å². The number of nitrogens with one attached hydrogen (secondary N) is 1. The van der Waals surface area contributed by atoms with Crippen LogP contribution in [-0.4, -0.2) is 34.0 Å². The summed E-state index contributed by atoms with van der Waals surface area (Å²) in [6.07, 6.45) is 0. The number of hydrogen-bond donors (Lipinski definition) is 1. The average Bonchev–Trinajstić information content (AvgIpc) is 2.78. The minimum Gasteiger partial charge on any atom is -0.491 e. The number of ether oxygens (including phenoxy) is 1. The van der Waals surface area contributed by atoms with Crippen molar-refractivity contribution in [2.24, 2.45) is 0 Å². The lowest BCUT2D eigenvalue weighted by atomic mass is 10.2. The Bertz CT molecular complexity index is 1140. The van der Waals surface area contributed by atoms with E-state index in [1.807, 2.05) is 30.3 Å². The molecule has 1 amide bonds. The zero-order chi connectivity index (χ0) is 22.4. The van der Waals surface area contributed by atoms with Crippen LogP contribution in [0.25, 0.3) is 0 Å². The van der Waals surface area contributed by atoms with Crippen molar-refractivity contribution in [2.45, 2.75) is 17.9 Å². The van der Waals surface area contributed by atoms with Crippen molar-refractivity contribution in [2.75, 3.05) is 18.0 Å². The topological polar surface area (TPSA) is 75.7 Å². The van der Waals surface area contributed by atoms with Gasteiger partial charge in [-0.2, -0.15) is 0 Å². The summed E-state index contributed by atoms with van der Waals surface area (Å²) >= 11 is 0. The fraction of sp³-hybridized carbons (Fsp3) is 0.174. The number of benzene rings is 3. The molecule has 162 valence electrons. The Balaban J connectivity index is 1.69. The van der Waals surface area contributed by atoms with Gasteiger partial charge in [0.25, 0.3) is 15.9 Å². The molecule has 0 heterocycles. The van der Waals surface area contributed by atoms with Crippen LogP contribution in [0, 0.1) is 5.82 Å². The van der Waals surface area contributed by atoms with E-state index in [0.717, 1.165) is 4.31 Å². The first-order valence-electron chi connectivity index (χ1n) is 9.60. The molecule has 0 unspecified atom stereocenters. The molecule has 31 heavy (non-hydrogen) atoms. The number of hydrogen-bond acceptors (Lipinski definition) is 4. The van der Waals surface area contributed by atoms with Gasteiger partial charge in [0.15, 0.2) is 0 Å². The number of anilines is 1. The van der Waals surface area contributed by atoms with Crippen LogP contribution in [-0.2, 0) is 10.0 Å². The van der Waals surface area contributed by atoms with Crippen LogP contribution in [0.1, 0.15) is 17.3 Å². The summed E-state index contributed by atoms with van der Waals surface area (Å²) in [6, 6.07) is 19.8. The Labute approximate surface area is 181 Å². The SMILES string of the molecule is C[C@H](COc1ccccc1)NC(=O)c1cccc(S(=O)(=O)N(C)c2ccc(F)cc2)c1. The van der Waals surface area contributed by atoms with Gasteiger partial charge in [0.05, 0.1) is 16.6 Å². The zero-order valence-corrected chi connectivity index (χ0v) is 18.0. The molecule has 0 bridgehead atoms. The molecule has 0 aliphatic rings. The van der Waals surface area contributed by atoms with Crippen molar-refractivity contribution in [1.82, 2.24) is 5.32 Å². The van der Waals surface area contributed by atoms with Crippen molar-refractivity contribution in [3.8, 4) is 5.75 Å². The van der Waals surface area contributed by atoms with Gasteiger partial charge < -0.3 is 10.1 Å². The highest BCUT2D eigenvalue weighted by molar-refractivity contribution is 7.92. The van der Waals surface area contributed by atoms with Gasteiger partial charge in [-0.05, 0) is 61.5 Å². The van der Waals surface area contributed by atoms with Crippen molar-refractivity contribution >= 4 is 21.6 Å². The molecule has 8 heteroatoms. The maximum atomic E-state index is 13.1. The van der Waals surface area contributed by atoms with Crippen LogP contribution in [0.4, 0.5) is 10.1 Å². The molecular formula is C23H23FN2O4S. The minimum atomic E-state index is -3.93. The summed E-state index contributed by atoms with van der Waals surface area (Å²) in [5.41, 5.74) is 0.517. The quantitative estimate of drug-likeness (QED) is 0.575. The number of carbonyl (C=O) groups excluding carboxylic acids is 1. The lowest BCUT2D eigenvalue weighted by Crippen LogP contribution is -2.37. The van der Waals surface area contributed by atoms with Crippen molar-refractivity contribution < 1.29 is 22.3 Å². The highest BCUT2D eigenvalue weighted by atomic mass is 32.2. The number of nitrogens with zero attached hydrogens (tertiary/aromatic N) is 1. The number of sulfonamides is 1. The van der Waals surface area contributed by atoms with Crippen LogP contribution in [0.15, 0.2) is 83.8 Å². The van der Waals surface area contributed by atoms with Gasteiger partial charge in [0, 0.05) is 12.6 Å². The van der Waals surface area contributed by atoms with E-state index in [2.05, 4.69) is 5.32 Å². The number of carbonyl (C=O) groups is 1. The fourth-order valence-corrected chi connectivity index (χ4v) is 4.07. The van der Waals surface area contributed by atoms with Crippen LogP contribution >= 0.6 is 0 Å². The van der Waals surface area contributed by atoms with Crippen molar-refractivity contribution in [3.05, 3.63) is 90.2 Å². The third-order valence-electron chi connectivity index (χ3n) is 4.57. The third-order valence-corrected chi connectivity index (χ3v) is 6.35. The number of rotatable bonds is 8. The first kappa shape index (κ1) is 22.3. The second-order valence-corrected chi connectivity index (χ2v) is 8.94. The molecule has 3 aromatic rings. The first-order valence-corrected chi connectivity index (χ1v) is 11.0. The van der Waals surface area contributed by atoms with Gasteiger partial charge in [-0.15, -0.1) is 0 Å². The molecule has 6 nitrogen and oxygen atoms in total. The van der Waals surface area contributed by atoms with E-state index in [0.29, 0.717) is 11.4 Å². The van der Waals surface area contributed by atoms with Gasteiger partial charge >= 0.3 is 0 Å². The molecule has 0 aliphatic carbocycles. The van der Waals surface area contributed by atoms with Gasteiger partial charge in [-0.1, -0.05) is 24.3 Å². The minimum absolute atomic E-state index is 0.0415. The molecule has 0 aliphatic heterocycles. The van der Waals surface area contributed by atoms with E-state index in [4.69, 9.17) is 4.74 Å². The molecule has 0 spiro atoms. The van der Waals surface area contributed by atoms with Gasteiger partial charge in [-0.25, -0.2) is 12.8 Å². The molecule has 3 rings (SSSR count). The Morgan fingerprint density at radius 2 is 1.71 bits per heavy atom. The van der Waals surface area contributed by atoms with Crippen LogP contribution < -0.4 is 14.4 Å². The Hall–Kier alpha value is -3.39. The monoisotopic (exact) mass is 442 g/mol. The third kappa shape index (κ3) is 5.61. The summed E-state index contributed by atoms with van der Waals surface area (Å²) in [5, 5.41) is 2.80. The summed E-state index contributed by atoms with van der Waals surface area (Å²) in [6.45, 7) is 2.06. The lowest BCUT2D eigenvalue weighted by Gasteiger charge is -2.20. The maximum absolute atomic E-state index is 13.1. The van der Waals surface area contributed by atoms with E-state index >= 15 is 0 Å². The van der Waals surface area contributed by atoms with Crippen LogP contribution in [0.5, 0.6) is 5.75 Å². The molecule has 0 saturated heterocycles. The Morgan fingerprint density at radius 3 is 2.39 bits per heavy atom. The maximum Gasteiger partial charge on any atom is 0.264 e. The molecule has 0 fully saturated rings. The summed E-state index contributed by atoms with van der Waals surface area (Å²) in [4.78, 5) is 12.6. The molecular weight excluding hydrogens is 419 g/mol.